The third kappa shape index (κ3) is 4.40. The van der Waals surface area contributed by atoms with Gasteiger partial charge in [0.25, 0.3) is 0 Å². The third-order valence-corrected chi connectivity index (χ3v) is 4.36. The van der Waals surface area contributed by atoms with Crippen molar-refractivity contribution in [1.82, 2.24) is 0 Å². The Morgan fingerprint density at radius 1 is 0.808 bits per heavy atom. The molecule has 10 atom stereocenters. The Kier molecular flexibility index (Phi) is 7.88. The number of aliphatic hydroxyl groups excluding tert-OH is 7. The monoisotopic (exact) mass is 382 g/mol. The molecule has 0 bridgehead atoms. The van der Waals surface area contributed by atoms with Crippen molar-refractivity contribution in [3.63, 3.8) is 0 Å². The normalized spacial score (nSPS) is 46.9. The van der Waals surface area contributed by atoms with Crippen LogP contribution in [0, 0.1) is 0 Å². The Bertz CT molecular complexity index is 447. The van der Waals surface area contributed by atoms with E-state index in [1.807, 2.05) is 0 Å². The van der Waals surface area contributed by atoms with Crippen LogP contribution in [0.3, 0.4) is 0 Å². The first kappa shape index (κ1) is 21.6. The lowest BCUT2D eigenvalue weighted by Gasteiger charge is -2.46. The fourth-order valence-corrected chi connectivity index (χ4v) is 2.93. The standard InChI is InChI=1S/C15H26O11/c1-2-3-23-13-8(18)6(4-16)25-15(11(13)21)26-12-7(5-17)24-14(22)10(20)9(12)19/h2,6-22H,1,3-5H2/t6-,7-,8+,9-,10-,11-,12-,13+,14-,15+/m1/s1. The summed E-state index contributed by atoms with van der Waals surface area (Å²) in [4.78, 5) is 0. The highest BCUT2D eigenvalue weighted by atomic mass is 16.7. The van der Waals surface area contributed by atoms with Gasteiger partial charge in [-0.3, -0.25) is 0 Å². The van der Waals surface area contributed by atoms with E-state index in [0.717, 1.165) is 0 Å². The second-order valence-corrected chi connectivity index (χ2v) is 6.12. The fraction of sp³-hybridized carbons (Fsp3) is 0.867. The first-order valence-corrected chi connectivity index (χ1v) is 8.16. The average Bonchev–Trinajstić information content (AvgIpc) is 2.63. The van der Waals surface area contributed by atoms with Crippen LogP contribution in [-0.2, 0) is 18.9 Å². The molecule has 0 aromatic rings. The zero-order valence-corrected chi connectivity index (χ0v) is 13.9. The second-order valence-electron chi connectivity index (χ2n) is 6.12. The van der Waals surface area contributed by atoms with Crippen molar-refractivity contribution in [2.24, 2.45) is 0 Å². The fourth-order valence-electron chi connectivity index (χ4n) is 2.93. The zero-order chi connectivity index (χ0) is 19.4. The molecule has 2 fully saturated rings. The van der Waals surface area contributed by atoms with Gasteiger partial charge < -0.3 is 54.7 Å². The van der Waals surface area contributed by atoms with E-state index in [2.05, 4.69) is 6.58 Å². The molecule has 0 saturated carbocycles. The molecule has 11 nitrogen and oxygen atoms in total. The summed E-state index contributed by atoms with van der Waals surface area (Å²) in [6.07, 6.45) is -13.0. The van der Waals surface area contributed by atoms with Crippen LogP contribution in [0.1, 0.15) is 0 Å². The highest BCUT2D eigenvalue weighted by molar-refractivity contribution is 4.94. The minimum atomic E-state index is -1.73. The molecule has 152 valence electrons. The van der Waals surface area contributed by atoms with Gasteiger partial charge in [0.15, 0.2) is 12.6 Å². The van der Waals surface area contributed by atoms with Crippen LogP contribution in [0.2, 0.25) is 0 Å². The Balaban J connectivity index is 2.15. The molecule has 0 amide bonds. The van der Waals surface area contributed by atoms with E-state index < -0.39 is 74.6 Å². The topological polar surface area (TPSA) is 179 Å². The van der Waals surface area contributed by atoms with Crippen molar-refractivity contribution < 1.29 is 54.7 Å². The summed E-state index contributed by atoms with van der Waals surface area (Å²) < 4.78 is 21.0. The number of ether oxygens (including phenoxy) is 4. The van der Waals surface area contributed by atoms with Crippen LogP contribution in [0.4, 0.5) is 0 Å². The van der Waals surface area contributed by atoms with Crippen LogP contribution in [0.15, 0.2) is 12.7 Å². The molecule has 0 radical (unpaired) electrons. The van der Waals surface area contributed by atoms with Gasteiger partial charge in [0.1, 0.15) is 48.8 Å². The quantitative estimate of drug-likeness (QED) is 0.212. The predicted octanol–water partition coefficient (Wildman–Crippen LogP) is -4.19. The Morgan fingerprint density at radius 3 is 2.04 bits per heavy atom. The molecular formula is C15H26O11. The molecule has 0 unspecified atom stereocenters. The van der Waals surface area contributed by atoms with E-state index in [1.165, 1.54) is 6.08 Å². The van der Waals surface area contributed by atoms with Crippen molar-refractivity contribution >= 4 is 0 Å². The van der Waals surface area contributed by atoms with Crippen LogP contribution >= 0.6 is 0 Å². The lowest BCUT2D eigenvalue weighted by atomic mass is 9.97. The molecule has 0 spiro atoms. The van der Waals surface area contributed by atoms with Gasteiger partial charge in [0.2, 0.25) is 0 Å². The maximum Gasteiger partial charge on any atom is 0.187 e. The van der Waals surface area contributed by atoms with E-state index >= 15 is 0 Å². The maximum absolute atomic E-state index is 10.4. The van der Waals surface area contributed by atoms with E-state index in [0.29, 0.717) is 0 Å². The molecule has 0 aliphatic carbocycles. The molecule has 2 saturated heterocycles. The van der Waals surface area contributed by atoms with E-state index in [4.69, 9.17) is 18.9 Å². The van der Waals surface area contributed by atoms with E-state index in [1.54, 1.807) is 0 Å². The van der Waals surface area contributed by atoms with Crippen LogP contribution in [-0.4, -0.2) is 117 Å². The number of aliphatic hydroxyl groups is 7. The number of hydrogen-bond donors (Lipinski definition) is 7. The van der Waals surface area contributed by atoms with Gasteiger partial charge in [-0.2, -0.15) is 0 Å². The first-order valence-electron chi connectivity index (χ1n) is 8.16. The lowest BCUT2D eigenvalue weighted by Crippen LogP contribution is -2.64. The largest absolute Gasteiger partial charge is 0.394 e. The van der Waals surface area contributed by atoms with Crippen LogP contribution < -0.4 is 0 Å². The molecular weight excluding hydrogens is 356 g/mol. The Hall–Kier alpha value is -0.700. The Labute approximate surface area is 149 Å². The second kappa shape index (κ2) is 9.48. The Morgan fingerprint density at radius 2 is 1.46 bits per heavy atom. The summed E-state index contributed by atoms with van der Waals surface area (Å²) in [5.41, 5.74) is 0. The van der Waals surface area contributed by atoms with Gasteiger partial charge in [0, 0.05) is 0 Å². The van der Waals surface area contributed by atoms with Crippen molar-refractivity contribution in [2.45, 2.75) is 61.4 Å². The summed E-state index contributed by atoms with van der Waals surface area (Å²) in [5, 5.41) is 68.6. The molecule has 0 aromatic carbocycles. The molecule has 11 heteroatoms. The molecule has 2 aliphatic rings. The van der Waals surface area contributed by atoms with E-state index in [9.17, 15) is 35.7 Å². The van der Waals surface area contributed by atoms with Crippen LogP contribution in [0.25, 0.3) is 0 Å². The highest BCUT2D eigenvalue weighted by Crippen LogP contribution is 2.29. The molecule has 2 rings (SSSR count). The smallest absolute Gasteiger partial charge is 0.187 e. The number of rotatable bonds is 7. The summed E-state index contributed by atoms with van der Waals surface area (Å²) in [6.45, 7) is 2.21. The molecule has 2 aliphatic heterocycles. The summed E-state index contributed by atoms with van der Waals surface area (Å²) >= 11 is 0. The maximum atomic E-state index is 10.4. The zero-order valence-electron chi connectivity index (χ0n) is 13.9. The van der Waals surface area contributed by atoms with Gasteiger partial charge >= 0.3 is 0 Å². The summed E-state index contributed by atoms with van der Waals surface area (Å²) in [6, 6.07) is 0. The highest BCUT2D eigenvalue weighted by Gasteiger charge is 2.50. The number of hydrogen-bond acceptors (Lipinski definition) is 11. The predicted molar refractivity (Wildman–Crippen MR) is 82.5 cm³/mol. The van der Waals surface area contributed by atoms with Crippen molar-refractivity contribution in [2.75, 3.05) is 19.8 Å². The first-order chi connectivity index (χ1) is 12.3. The average molecular weight is 382 g/mol. The van der Waals surface area contributed by atoms with Crippen LogP contribution in [0.5, 0.6) is 0 Å². The van der Waals surface area contributed by atoms with E-state index in [-0.39, 0.29) is 6.61 Å². The summed E-state index contributed by atoms with van der Waals surface area (Å²) in [5.74, 6) is 0. The molecule has 7 N–H and O–H groups in total. The summed E-state index contributed by atoms with van der Waals surface area (Å²) in [7, 11) is 0. The SMILES string of the molecule is C=CCO[C@H]1[C@@H](O)[C@@H](CO)O[C@@H](O[C@H]2[C@H](O)[C@@H](O)[C@H](O)O[C@@H]2CO)[C@@H]1O. The minimum absolute atomic E-state index is 0.00297. The third-order valence-electron chi connectivity index (χ3n) is 4.36. The molecule has 0 aromatic heterocycles. The van der Waals surface area contributed by atoms with Gasteiger partial charge in [-0.05, 0) is 0 Å². The van der Waals surface area contributed by atoms with Gasteiger partial charge in [-0.15, -0.1) is 6.58 Å². The minimum Gasteiger partial charge on any atom is -0.394 e. The van der Waals surface area contributed by atoms with Gasteiger partial charge in [-0.25, -0.2) is 0 Å². The van der Waals surface area contributed by atoms with Gasteiger partial charge in [0.05, 0.1) is 19.8 Å². The molecule has 26 heavy (non-hydrogen) atoms. The van der Waals surface area contributed by atoms with Crippen molar-refractivity contribution in [3.05, 3.63) is 12.7 Å². The lowest BCUT2D eigenvalue weighted by molar-refractivity contribution is -0.357. The molecule has 2 heterocycles. The van der Waals surface area contributed by atoms with Gasteiger partial charge in [-0.1, -0.05) is 6.08 Å². The van der Waals surface area contributed by atoms with Crippen molar-refractivity contribution in [1.29, 1.82) is 0 Å². The van der Waals surface area contributed by atoms with Crippen molar-refractivity contribution in [3.8, 4) is 0 Å².